The Morgan fingerprint density at radius 1 is 1.08 bits per heavy atom. The Labute approximate surface area is 143 Å². The van der Waals surface area contributed by atoms with Gasteiger partial charge in [-0.05, 0) is 30.3 Å². The Bertz CT molecular complexity index is 920. The van der Waals surface area contributed by atoms with Crippen molar-refractivity contribution in [2.75, 3.05) is 0 Å². The molecular formula is C19H13ClO4. The standard InChI is InChI=1S/C19H13ClO4/c1-2-18(22)24-19-14-9-8-12(20)10-15(14)16(21)11-17(19)23-13-6-4-3-5-7-13/h2-11,21H,1H2. The van der Waals surface area contributed by atoms with Crippen LogP contribution in [0.25, 0.3) is 10.8 Å². The Hall–Kier alpha value is -2.98. The van der Waals surface area contributed by atoms with Gasteiger partial charge in [-0.1, -0.05) is 36.4 Å². The topological polar surface area (TPSA) is 55.8 Å². The molecule has 0 aliphatic rings. The van der Waals surface area contributed by atoms with E-state index < -0.39 is 5.97 Å². The second-order valence-corrected chi connectivity index (χ2v) is 5.39. The predicted octanol–water partition coefficient (Wildman–Crippen LogP) is 5.08. The molecule has 0 saturated heterocycles. The molecule has 0 fully saturated rings. The quantitative estimate of drug-likeness (QED) is 0.408. The number of ether oxygens (including phenoxy) is 2. The number of rotatable bonds is 4. The van der Waals surface area contributed by atoms with Gasteiger partial charge in [-0.25, -0.2) is 4.79 Å². The molecule has 0 spiro atoms. The number of phenolic OH excluding ortho intramolecular Hbond substituents is 1. The van der Waals surface area contributed by atoms with Crippen molar-refractivity contribution in [3.05, 3.63) is 72.3 Å². The van der Waals surface area contributed by atoms with Crippen LogP contribution in [0.5, 0.6) is 23.0 Å². The van der Waals surface area contributed by atoms with E-state index in [-0.39, 0.29) is 17.2 Å². The number of carbonyl (C=O) groups excluding carboxylic acids is 1. The van der Waals surface area contributed by atoms with Crippen LogP contribution < -0.4 is 9.47 Å². The van der Waals surface area contributed by atoms with E-state index in [2.05, 4.69) is 6.58 Å². The highest BCUT2D eigenvalue weighted by atomic mass is 35.5. The van der Waals surface area contributed by atoms with E-state index in [1.54, 1.807) is 30.3 Å². The van der Waals surface area contributed by atoms with Crippen LogP contribution in [0.4, 0.5) is 0 Å². The number of halogens is 1. The van der Waals surface area contributed by atoms with E-state index >= 15 is 0 Å². The zero-order valence-electron chi connectivity index (χ0n) is 12.5. The summed E-state index contributed by atoms with van der Waals surface area (Å²) in [4.78, 5) is 11.7. The van der Waals surface area contributed by atoms with Crippen LogP contribution in [-0.4, -0.2) is 11.1 Å². The normalized spacial score (nSPS) is 10.4. The van der Waals surface area contributed by atoms with Crippen LogP contribution >= 0.6 is 11.6 Å². The van der Waals surface area contributed by atoms with E-state index in [0.29, 0.717) is 21.5 Å². The first-order valence-electron chi connectivity index (χ1n) is 7.11. The fraction of sp³-hybridized carbons (Fsp3) is 0. The van der Waals surface area contributed by atoms with Crippen molar-refractivity contribution >= 4 is 28.3 Å². The molecule has 3 aromatic carbocycles. The highest BCUT2D eigenvalue weighted by Crippen LogP contribution is 2.43. The molecule has 5 heteroatoms. The van der Waals surface area contributed by atoms with Gasteiger partial charge in [-0.2, -0.15) is 0 Å². The number of para-hydroxylation sites is 1. The molecule has 0 atom stereocenters. The molecule has 0 aliphatic carbocycles. The summed E-state index contributed by atoms with van der Waals surface area (Å²) in [6.45, 7) is 3.40. The van der Waals surface area contributed by atoms with Gasteiger partial charge in [-0.3, -0.25) is 0 Å². The minimum absolute atomic E-state index is 0.0307. The third kappa shape index (κ3) is 3.19. The molecule has 0 unspecified atom stereocenters. The summed E-state index contributed by atoms with van der Waals surface area (Å²) in [6, 6.07) is 15.2. The molecule has 4 nitrogen and oxygen atoms in total. The van der Waals surface area contributed by atoms with Gasteiger partial charge in [0.15, 0.2) is 11.5 Å². The lowest BCUT2D eigenvalue weighted by Gasteiger charge is -2.14. The number of carbonyl (C=O) groups is 1. The summed E-state index contributed by atoms with van der Waals surface area (Å²) in [5, 5.41) is 11.7. The smallest absolute Gasteiger partial charge is 0.335 e. The van der Waals surface area contributed by atoms with Gasteiger partial charge in [0.2, 0.25) is 0 Å². The van der Waals surface area contributed by atoms with Crippen LogP contribution in [0.2, 0.25) is 5.02 Å². The minimum Gasteiger partial charge on any atom is -0.507 e. The Morgan fingerprint density at radius 3 is 2.54 bits per heavy atom. The number of benzene rings is 3. The molecule has 0 aromatic heterocycles. The van der Waals surface area contributed by atoms with Gasteiger partial charge in [0, 0.05) is 27.9 Å². The lowest BCUT2D eigenvalue weighted by Crippen LogP contribution is -2.05. The number of hydrogen-bond acceptors (Lipinski definition) is 4. The van der Waals surface area contributed by atoms with Crippen LogP contribution in [0.15, 0.2) is 67.3 Å². The van der Waals surface area contributed by atoms with Crippen LogP contribution in [0.3, 0.4) is 0 Å². The number of phenols is 1. The lowest BCUT2D eigenvalue weighted by atomic mass is 10.1. The molecule has 1 N–H and O–H groups in total. The molecule has 0 amide bonds. The monoisotopic (exact) mass is 340 g/mol. The first-order valence-corrected chi connectivity index (χ1v) is 7.48. The van der Waals surface area contributed by atoms with Crippen molar-refractivity contribution in [3.63, 3.8) is 0 Å². The largest absolute Gasteiger partial charge is 0.507 e. The van der Waals surface area contributed by atoms with Gasteiger partial charge in [0.1, 0.15) is 11.5 Å². The van der Waals surface area contributed by atoms with E-state index in [1.165, 1.54) is 6.07 Å². The maximum Gasteiger partial charge on any atom is 0.335 e. The van der Waals surface area contributed by atoms with E-state index in [1.807, 2.05) is 18.2 Å². The molecule has 0 heterocycles. The molecular weight excluding hydrogens is 328 g/mol. The number of aromatic hydroxyl groups is 1. The third-order valence-corrected chi connectivity index (χ3v) is 3.57. The van der Waals surface area contributed by atoms with Gasteiger partial charge in [0.25, 0.3) is 0 Å². The van der Waals surface area contributed by atoms with Crippen molar-refractivity contribution in [2.45, 2.75) is 0 Å². The Balaban J connectivity index is 2.19. The minimum atomic E-state index is -0.630. The highest BCUT2D eigenvalue weighted by Gasteiger charge is 2.17. The zero-order valence-corrected chi connectivity index (χ0v) is 13.3. The summed E-state index contributed by atoms with van der Waals surface area (Å²) in [5.74, 6) is 0.282. The highest BCUT2D eigenvalue weighted by molar-refractivity contribution is 6.31. The molecule has 3 rings (SSSR count). The van der Waals surface area contributed by atoms with E-state index in [0.717, 1.165) is 6.08 Å². The molecule has 0 radical (unpaired) electrons. The van der Waals surface area contributed by atoms with Gasteiger partial charge in [-0.15, -0.1) is 0 Å². The second-order valence-electron chi connectivity index (χ2n) is 4.95. The number of fused-ring (bicyclic) bond motifs is 1. The molecule has 120 valence electrons. The average molecular weight is 341 g/mol. The zero-order chi connectivity index (χ0) is 17.1. The first-order chi connectivity index (χ1) is 11.6. The average Bonchev–Trinajstić information content (AvgIpc) is 2.59. The molecule has 3 aromatic rings. The summed E-state index contributed by atoms with van der Waals surface area (Å²) >= 11 is 5.98. The van der Waals surface area contributed by atoms with Crippen molar-refractivity contribution in [1.82, 2.24) is 0 Å². The molecule has 0 bridgehead atoms. The fourth-order valence-electron chi connectivity index (χ4n) is 2.27. The maximum absolute atomic E-state index is 11.7. The first kappa shape index (κ1) is 15.9. The summed E-state index contributed by atoms with van der Waals surface area (Å²) in [6.07, 6.45) is 1.06. The van der Waals surface area contributed by atoms with Gasteiger partial charge >= 0.3 is 5.97 Å². The van der Waals surface area contributed by atoms with Crippen LogP contribution in [-0.2, 0) is 4.79 Å². The van der Waals surface area contributed by atoms with Crippen molar-refractivity contribution in [1.29, 1.82) is 0 Å². The van der Waals surface area contributed by atoms with Crippen LogP contribution in [0, 0.1) is 0 Å². The van der Waals surface area contributed by atoms with Crippen molar-refractivity contribution in [2.24, 2.45) is 0 Å². The van der Waals surface area contributed by atoms with Crippen LogP contribution in [0.1, 0.15) is 0 Å². The lowest BCUT2D eigenvalue weighted by molar-refractivity contribution is -0.128. The predicted molar refractivity (Wildman–Crippen MR) is 93.0 cm³/mol. The molecule has 0 aliphatic heterocycles. The second kappa shape index (κ2) is 6.64. The fourth-order valence-corrected chi connectivity index (χ4v) is 2.44. The summed E-state index contributed by atoms with van der Waals surface area (Å²) < 4.78 is 11.1. The van der Waals surface area contributed by atoms with E-state index in [4.69, 9.17) is 21.1 Å². The maximum atomic E-state index is 11.7. The summed E-state index contributed by atoms with van der Waals surface area (Å²) in [7, 11) is 0. The van der Waals surface area contributed by atoms with Gasteiger partial charge in [0.05, 0.1) is 0 Å². The third-order valence-electron chi connectivity index (χ3n) is 3.33. The van der Waals surface area contributed by atoms with Crippen molar-refractivity contribution < 1.29 is 19.4 Å². The number of esters is 1. The van der Waals surface area contributed by atoms with Crippen molar-refractivity contribution in [3.8, 4) is 23.0 Å². The van der Waals surface area contributed by atoms with Gasteiger partial charge < -0.3 is 14.6 Å². The molecule has 0 saturated carbocycles. The summed E-state index contributed by atoms with van der Waals surface area (Å²) in [5.41, 5.74) is 0. The molecule has 24 heavy (non-hydrogen) atoms. The SMILES string of the molecule is C=CC(=O)Oc1c(Oc2ccccc2)cc(O)c2cc(Cl)ccc12. The Kier molecular flexibility index (Phi) is 4.40. The number of hydrogen-bond donors (Lipinski definition) is 1. The van der Waals surface area contributed by atoms with E-state index in [9.17, 15) is 9.90 Å². The Morgan fingerprint density at radius 2 is 1.83 bits per heavy atom.